The number of thiazole rings is 1. The molecule has 8 heteroatoms. The molecule has 0 spiro atoms. The summed E-state index contributed by atoms with van der Waals surface area (Å²) in [7, 11) is 0. The first-order valence-electron chi connectivity index (χ1n) is 6.40. The van der Waals surface area contributed by atoms with Crippen LogP contribution in [0.5, 0.6) is 0 Å². The molecule has 0 atom stereocenters. The Kier molecular flexibility index (Phi) is 4.12. The zero-order valence-electron chi connectivity index (χ0n) is 11.4. The van der Waals surface area contributed by atoms with E-state index in [2.05, 4.69) is 20.4 Å². The highest BCUT2D eigenvalue weighted by Crippen LogP contribution is 2.37. The van der Waals surface area contributed by atoms with E-state index in [1.807, 2.05) is 19.1 Å². The number of nitriles is 1. The molecule has 2 heterocycles. The molecule has 110 valence electrons. The van der Waals surface area contributed by atoms with E-state index in [0.717, 1.165) is 21.9 Å². The number of H-pyrrole nitrogens is 1. The molecule has 0 amide bonds. The second kappa shape index (κ2) is 6.05. The summed E-state index contributed by atoms with van der Waals surface area (Å²) in [5, 5.41) is 21.3. The number of nitrogens with one attached hydrogen (secondary N) is 1. The van der Waals surface area contributed by atoms with Gasteiger partial charge in [-0.15, -0.1) is 16.4 Å². The molecule has 0 aliphatic carbocycles. The molecule has 0 bridgehead atoms. The maximum atomic E-state index is 9.10. The Morgan fingerprint density at radius 2 is 2.09 bits per heavy atom. The standard InChI is InChI=1S/C14H9Cl2N5S/c1-2-11-13(12-10(6-17)19-21-20-12)18-14(22-11)8-4-3-7(15)5-9(8)16/h3-5H,2H2,1H3,(H,19,20,21). The molecule has 0 aliphatic heterocycles. The molecule has 0 fully saturated rings. The Morgan fingerprint density at radius 3 is 2.77 bits per heavy atom. The first-order valence-corrected chi connectivity index (χ1v) is 7.97. The van der Waals surface area contributed by atoms with Crippen LogP contribution in [0.25, 0.3) is 22.0 Å². The number of hydrogen-bond donors (Lipinski definition) is 1. The number of aromatic nitrogens is 4. The Bertz CT molecular complexity index is 878. The molecule has 1 aromatic carbocycles. The third-order valence-electron chi connectivity index (χ3n) is 3.06. The SMILES string of the molecule is CCc1sc(-c2ccc(Cl)cc2Cl)nc1-c1n[nH]nc1C#N. The lowest BCUT2D eigenvalue weighted by Crippen LogP contribution is -1.88. The van der Waals surface area contributed by atoms with Gasteiger partial charge in [-0.05, 0) is 24.6 Å². The van der Waals surface area contributed by atoms with Gasteiger partial charge in [0.15, 0.2) is 11.4 Å². The summed E-state index contributed by atoms with van der Waals surface area (Å²) in [6, 6.07) is 7.30. The van der Waals surface area contributed by atoms with E-state index in [0.29, 0.717) is 21.4 Å². The smallest absolute Gasteiger partial charge is 0.192 e. The van der Waals surface area contributed by atoms with Crippen LogP contribution in [0, 0.1) is 11.3 Å². The topological polar surface area (TPSA) is 78.2 Å². The van der Waals surface area contributed by atoms with E-state index >= 15 is 0 Å². The Balaban J connectivity index is 2.15. The van der Waals surface area contributed by atoms with Crippen LogP contribution in [0.15, 0.2) is 18.2 Å². The summed E-state index contributed by atoms with van der Waals surface area (Å²) in [5.74, 6) is 0. The molecule has 0 saturated heterocycles. The van der Waals surface area contributed by atoms with Crippen LogP contribution in [0.1, 0.15) is 17.5 Å². The van der Waals surface area contributed by atoms with Crippen LogP contribution in [0.3, 0.4) is 0 Å². The molecule has 1 N–H and O–H groups in total. The van der Waals surface area contributed by atoms with E-state index in [1.54, 1.807) is 12.1 Å². The van der Waals surface area contributed by atoms with Crippen molar-refractivity contribution in [2.75, 3.05) is 0 Å². The van der Waals surface area contributed by atoms with Crippen molar-refractivity contribution in [3.05, 3.63) is 38.8 Å². The summed E-state index contributed by atoms with van der Waals surface area (Å²) in [6.07, 6.45) is 0.774. The average Bonchev–Trinajstić information content (AvgIpc) is 3.12. The lowest BCUT2D eigenvalue weighted by molar-refractivity contribution is 0.936. The van der Waals surface area contributed by atoms with Crippen molar-refractivity contribution in [3.63, 3.8) is 0 Å². The number of aromatic amines is 1. The average molecular weight is 350 g/mol. The second-order valence-electron chi connectivity index (χ2n) is 4.40. The summed E-state index contributed by atoms with van der Waals surface area (Å²) in [4.78, 5) is 5.63. The molecule has 0 radical (unpaired) electrons. The van der Waals surface area contributed by atoms with Gasteiger partial charge in [0.2, 0.25) is 0 Å². The molecule has 22 heavy (non-hydrogen) atoms. The number of rotatable bonds is 3. The first-order chi connectivity index (χ1) is 10.6. The van der Waals surface area contributed by atoms with Gasteiger partial charge in [0.25, 0.3) is 0 Å². The molecule has 0 saturated carbocycles. The van der Waals surface area contributed by atoms with Crippen LogP contribution in [0.4, 0.5) is 0 Å². The maximum Gasteiger partial charge on any atom is 0.192 e. The van der Waals surface area contributed by atoms with Gasteiger partial charge in [-0.3, -0.25) is 0 Å². The highest BCUT2D eigenvalue weighted by molar-refractivity contribution is 7.15. The highest BCUT2D eigenvalue weighted by Gasteiger charge is 2.20. The number of hydrogen-bond acceptors (Lipinski definition) is 5. The van der Waals surface area contributed by atoms with Crippen molar-refractivity contribution in [1.82, 2.24) is 20.4 Å². The second-order valence-corrected chi connectivity index (χ2v) is 6.33. The molecular formula is C14H9Cl2N5S. The van der Waals surface area contributed by atoms with Gasteiger partial charge in [0, 0.05) is 15.5 Å². The lowest BCUT2D eigenvalue weighted by Gasteiger charge is -2.00. The monoisotopic (exact) mass is 349 g/mol. The fourth-order valence-corrected chi connectivity index (χ4v) is 3.62. The lowest BCUT2D eigenvalue weighted by atomic mass is 10.2. The molecule has 0 aliphatic rings. The zero-order chi connectivity index (χ0) is 15.7. The molecule has 0 unspecified atom stereocenters. The number of aryl methyl sites for hydroxylation is 1. The van der Waals surface area contributed by atoms with Gasteiger partial charge < -0.3 is 0 Å². The van der Waals surface area contributed by atoms with Gasteiger partial charge in [-0.1, -0.05) is 30.1 Å². The highest BCUT2D eigenvalue weighted by atomic mass is 35.5. The van der Waals surface area contributed by atoms with Crippen LogP contribution in [-0.2, 0) is 6.42 Å². The number of nitrogens with zero attached hydrogens (tertiary/aromatic N) is 4. The van der Waals surface area contributed by atoms with Gasteiger partial charge in [-0.25, -0.2) is 4.98 Å². The molecule has 5 nitrogen and oxygen atoms in total. The van der Waals surface area contributed by atoms with E-state index in [9.17, 15) is 0 Å². The zero-order valence-corrected chi connectivity index (χ0v) is 13.7. The Hall–Kier alpha value is -1.94. The normalized spacial score (nSPS) is 10.6. The minimum atomic E-state index is 0.230. The minimum Gasteiger partial charge on any atom is -0.234 e. The quantitative estimate of drug-likeness (QED) is 0.762. The van der Waals surface area contributed by atoms with Crippen LogP contribution in [0.2, 0.25) is 10.0 Å². The predicted molar refractivity (Wildman–Crippen MR) is 87.0 cm³/mol. The number of halogens is 2. The van der Waals surface area contributed by atoms with Crippen molar-refractivity contribution in [2.45, 2.75) is 13.3 Å². The fraction of sp³-hybridized carbons (Fsp3) is 0.143. The minimum absolute atomic E-state index is 0.230. The third-order valence-corrected chi connectivity index (χ3v) is 4.84. The molecule has 2 aromatic heterocycles. The largest absolute Gasteiger partial charge is 0.234 e. The van der Waals surface area contributed by atoms with Crippen LogP contribution < -0.4 is 0 Å². The summed E-state index contributed by atoms with van der Waals surface area (Å²) >= 11 is 13.7. The van der Waals surface area contributed by atoms with Crippen molar-refractivity contribution < 1.29 is 0 Å². The van der Waals surface area contributed by atoms with E-state index in [-0.39, 0.29) is 5.69 Å². The third kappa shape index (κ3) is 2.59. The van der Waals surface area contributed by atoms with Crippen LogP contribution >= 0.6 is 34.5 Å². The first kappa shape index (κ1) is 15.0. The van der Waals surface area contributed by atoms with Crippen molar-refractivity contribution in [3.8, 4) is 28.0 Å². The number of benzene rings is 1. The Labute approximate surface area is 140 Å². The summed E-state index contributed by atoms with van der Waals surface area (Å²) < 4.78 is 0. The van der Waals surface area contributed by atoms with Crippen LogP contribution in [-0.4, -0.2) is 20.4 Å². The molecule has 3 rings (SSSR count). The molecular weight excluding hydrogens is 341 g/mol. The molecule has 3 aromatic rings. The van der Waals surface area contributed by atoms with Gasteiger partial charge in [-0.2, -0.15) is 15.6 Å². The van der Waals surface area contributed by atoms with Gasteiger partial charge >= 0.3 is 0 Å². The van der Waals surface area contributed by atoms with E-state index in [1.165, 1.54) is 11.3 Å². The summed E-state index contributed by atoms with van der Waals surface area (Å²) in [6.45, 7) is 2.02. The Morgan fingerprint density at radius 1 is 1.27 bits per heavy atom. The maximum absolute atomic E-state index is 9.10. The fourth-order valence-electron chi connectivity index (χ4n) is 2.03. The van der Waals surface area contributed by atoms with E-state index in [4.69, 9.17) is 28.5 Å². The summed E-state index contributed by atoms with van der Waals surface area (Å²) in [5.41, 5.74) is 2.17. The van der Waals surface area contributed by atoms with Crippen molar-refractivity contribution in [2.24, 2.45) is 0 Å². The van der Waals surface area contributed by atoms with Crippen molar-refractivity contribution >= 4 is 34.5 Å². The van der Waals surface area contributed by atoms with Gasteiger partial charge in [0.1, 0.15) is 16.8 Å². The predicted octanol–water partition coefficient (Wildman–Crippen LogP) is 4.34. The van der Waals surface area contributed by atoms with Gasteiger partial charge in [0.05, 0.1) is 5.02 Å². The van der Waals surface area contributed by atoms with Crippen molar-refractivity contribution in [1.29, 1.82) is 5.26 Å². The van der Waals surface area contributed by atoms with E-state index < -0.39 is 0 Å².